The standard InChI is InChI=1S/C23H29N3O2.C4H4O4/c1-2-5-20(6-3-1)19-26-15-13-25(14-16-26)12-4-17-27-22-9-7-21(8-10-22)23-24-11-18-28-23;5-3(6)1-2-4(7)8/h1-3,5-10H,4,11-19H2;1-2H,(H,5,6)(H,7,8)/b;2-1-. The Kier molecular flexibility index (Phi) is 10.9. The fourth-order valence-electron chi connectivity index (χ4n) is 3.84. The lowest BCUT2D eigenvalue weighted by Crippen LogP contribution is -2.46. The molecule has 1 fully saturated rings. The number of carboxylic acid groups (broad SMARTS) is 2. The maximum absolute atomic E-state index is 9.55. The fraction of sp³-hybridized carbons (Fsp3) is 0.370. The summed E-state index contributed by atoms with van der Waals surface area (Å²) in [6.07, 6.45) is 2.17. The molecule has 0 bridgehead atoms. The molecule has 0 aliphatic carbocycles. The minimum Gasteiger partial charge on any atom is -0.494 e. The minimum atomic E-state index is -1.26. The first-order chi connectivity index (χ1) is 17.5. The molecule has 9 heteroatoms. The van der Waals surface area contributed by atoms with Gasteiger partial charge in [0, 0.05) is 57.0 Å². The predicted octanol–water partition coefficient (Wildman–Crippen LogP) is 2.76. The number of piperazine rings is 1. The Morgan fingerprint density at radius 1 is 0.917 bits per heavy atom. The highest BCUT2D eigenvalue weighted by Crippen LogP contribution is 2.15. The van der Waals surface area contributed by atoms with E-state index in [1.54, 1.807) is 0 Å². The molecule has 0 saturated carbocycles. The van der Waals surface area contributed by atoms with Crippen LogP contribution in [0.4, 0.5) is 0 Å². The Labute approximate surface area is 211 Å². The molecule has 0 atom stereocenters. The lowest BCUT2D eigenvalue weighted by atomic mass is 10.2. The van der Waals surface area contributed by atoms with Gasteiger partial charge in [0.05, 0.1) is 13.2 Å². The zero-order chi connectivity index (χ0) is 25.6. The molecule has 0 amide bonds. The van der Waals surface area contributed by atoms with Gasteiger partial charge in [-0.05, 0) is 36.2 Å². The van der Waals surface area contributed by atoms with E-state index in [2.05, 4.69) is 45.1 Å². The fourth-order valence-corrected chi connectivity index (χ4v) is 3.84. The number of carbonyl (C=O) groups is 2. The molecule has 0 radical (unpaired) electrons. The van der Waals surface area contributed by atoms with E-state index in [-0.39, 0.29) is 0 Å². The van der Waals surface area contributed by atoms with Crippen molar-refractivity contribution < 1.29 is 29.3 Å². The highest BCUT2D eigenvalue weighted by atomic mass is 16.5. The Bertz CT molecular complexity index is 1000. The molecule has 2 heterocycles. The number of aliphatic imine (C=N–C) groups is 1. The van der Waals surface area contributed by atoms with Crippen LogP contribution >= 0.6 is 0 Å². The molecule has 0 aromatic heterocycles. The van der Waals surface area contributed by atoms with Gasteiger partial charge in [0.1, 0.15) is 12.4 Å². The van der Waals surface area contributed by atoms with Crippen LogP contribution in [-0.2, 0) is 20.9 Å². The summed E-state index contributed by atoms with van der Waals surface area (Å²) in [6.45, 7) is 8.93. The molecule has 36 heavy (non-hydrogen) atoms. The summed E-state index contributed by atoms with van der Waals surface area (Å²) in [4.78, 5) is 28.5. The second-order valence-electron chi connectivity index (χ2n) is 8.37. The van der Waals surface area contributed by atoms with Crippen molar-refractivity contribution in [1.82, 2.24) is 9.80 Å². The topological polar surface area (TPSA) is 112 Å². The van der Waals surface area contributed by atoms with Gasteiger partial charge in [-0.1, -0.05) is 30.3 Å². The average Bonchev–Trinajstić information content (AvgIpc) is 3.43. The van der Waals surface area contributed by atoms with Crippen LogP contribution in [0.5, 0.6) is 5.75 Å². The second kappa shape index (κ2) is 14.7. The maximum atomic E-state index is 9.55. The first kappa shape index (κ1) is 26.9. The number of aliphatic carboxylic acids is 2. The van der Waals surface area contributed by atoms with E-state index >= 15 is 0 Å². The predicted molar refractivity (Wildman–Crippen MR) is 136 cm³/mol. The number of hydrogen-bond donors (Lipinski definition) is 2. The molecular weight excluding hydrogens is 462 g/mol. The van der Waals surface area contributed by atoms with Crippen molar-refractivity contribution in [3.8, 4) is 5.75 Å². The maximum Gasteiger partial charge on any atom is 0.328 e. The molecule has 2 aromatic carbocycles. The summed E-state index contributed by atoms with van der Waals surface area (Å²) in [5.41, 5.74) is 2.43. The van der Waals surface area contributed by atoms with E-state index in [1.165, 1.54) is 5.56 Å². The van der Waals surface area contributed by atoms with Crippen LogP contribution in [0.3, 0.4) is 0 Å². The summed E-state index contributed by atoms with van der Waals surface area (Å²) < 4.78 is 11.4. The first-order valence-corrected chi connectivity index (χ1v) is 12.0. The van der Waals surface area contributed by atoms with Gasteiger partial charge >= 0.3 is 11.9 Å². The Morgan fingerprint density at radius 2 is 1.56 bits per heavy atom. The molecule has 192 valence electrons. The summed E-state index contributed by atoms with van der Waals surface area (Å²) in [5.74, 6) is -0.854. The quantitative estimate of drug-likeness (QED) is 0.382. The molecule has 2 N–H and O–H groups in total. The van der Waals surface area contributed by atoms with E-state index < -0.39 is 11.9 Å². The van der Waals surface area contributed by atoms with Gasteiger partial charge in [-0.15, -0.1) is 0 Å². The van der Waals surface area contributed by atoms with E-state index in [0.29, 0.717) is 18.8 Å². The van der Waals surface area contributed by atoms with Crippen molar-refractivity contribution in [1.29, 1.82) is 0 Å². The summed E-state index contributed by atoms with van der Waals surface area (Å²) in [6, 6.07) is 18.8. The van der Waals surface area contributed by atoms with Crippen LogP contribution in [0.15, 0.2) is 71.7 Å². The van der Waals surface area contributed by atoms with Crippen LogP contribution in [0.2, 0.25) is 0 Å². The van der Waals surface area contributed by atoms with Gasteiger partial charge in [-0.2, -0.15) is 0 Å². The van der Waals surface area contributed by atoms with Gasteiger partial charge in [0.25, 0.3) is 0 Å². The van der Waals surface area contributed by atoms with Crippen LogP contribution in [0, 0.1) is 0 Å². The van der Waals surface area contributed by atoms with Crippen LogP contribution in [-0.4, -0.2) is 90.3 Å². The van der Waals surface area contributed by atoms with Crippen molar-refractivity contribution in [2.24, 2.45) is 4.99 Å². The zero-order valence-electron chi connectivity index (χ0n) is 20.3. The number of hydrogen-bond acceptors (Lipinski definition) is 7. The van der Waals surface area contributed by atoms with Gasteiger partial charge in [-0.3, -0.25) is 4.90 Å². The first-order valence-electron chi connectivity index (χ1n) is 12.0. The SMILES string of the molecule is O=C(O)/C=C\C(=O)O.c1ccc(CN2CCN(CCCOc3ccc(C4=NCCO4)cc3)CC2)cc1. The Balaban J connectivity index is 0.000000392. The van der Waals surface area contributed by atoms with Gasteiger partial charge in [-0.25, -0.2) is 14.6 Å². The molecular formula is C27H33N3O6. The number of carboxylic acids is 2. The summed E-state index contributed by atoms with van der Waals surface area (Å²) in [5, 5.41) is 15.6. The van der Waals surface area contributed by atoms with E-state index in [0.717, 1.165) is 76.1 Å². The normalized spacial score (nSPS) is 16.1. The van der Waals surface area contributed by atoms with Crippen molar-refractivity contribution in [3.63, 3.8) is 0 Å². The molecule has 0 spiro atoms. The highest BCUT2D eigenvalue weighted by Gasteiger charge is 2.16. The molecule has 2 aliphatic rings. The molecule has 4 rings (SSSR count). The van der Waals surface area contributed by atoms with Gasteiger partial charge in [0.2, 0.25) is 5.90 Å². The minimum absolute atomic E-state index is 0.558. The summed E-state index contributed by atoms with van der Waals surface area (Å²) >= 11 is 0. The zero-order valence-corrected chi connectivity index (χ0v) is 20.3. The van der Waals surface area contributed by atoms with Crippen molar-refractivity contribution in [2.75, 3.05) is 52.5 Å². The third-order valence-electron chi connectivity index (χ3n) is 5.66. The van der Waals surface area contributed by atoms with Crippen LogP contribution in [0.25, 0.3) is 0 Å². The van der Waals surface area contributed by atoms with Crippen molar-refractivity contribution in [2.45, 2.75) is 13.0 Å². The molecule has 1 saturated heterocycles. The molecule has 2 aliphatic heterocycles. The lowest BCUT2D eigenvalue weighted by Gasteiger charge is -2.34. The smallest absolute Gasteiger partial charge is 0.328 e. The van der Waals surface area contributed by atoms with Crippen LogP contribution in [0.1, 0.15) is 17.5 Å². The third kappa shape index (κ3) is 9.89. The monoisotopic (exact) mass is 495 g/mol. The van der Waals surface area contributed by atoms with Crippen molar-refractivity contribution >= 4 is 17.8 Å². The van der Waals surface area contributed by atoms with Crippen molar-refractivity contribution in [3.05, 3.63) is 77.9 Å². The van der Waals surface area contributed by atoms with Gasteiger partial charge < -0.3 is 24.6 Å². The highest BCUT2D eigenvalue weighted by molar-refractivity contribution is 5.95. The number of rotatable bonds is 10. The molecule has 9 nitrogen and oxygen atoms in total. The Hall–Kier alpha value is -3.69. The summed E-state index contributed by atoms with van der Waals surface area (Å²) in [7, 11) is 0. The van der Waals surface area contributed by atoms with Gasteiger partial charge in [0.15, 0.2) is 0 Å². The number of nitrogens with zero attached hydrogens (tertiary/aromatic N) is 3. The third-order valence-corrected chi connectivity index (χ3v) is 5.66. The Morgan fingerprint density at radius 3 is 2.14 bits per heavy atom. The van der Waals surface area contributed by atoms with E-state index in [1.807, 2.05) is 24.3 Å². The number of ether oxygens (including phenoxy) is 2. The van der Waals surface area contributed by atoms with E-state index in [4.69, 9.17) is 19.7 Å². The number of benzene rings is 2. The average molecular weight is 496 g/mol. The molecule has 0 unspecified atom stereocenters. The lowest BCUT2D eigenvalue weighted by molar-refractivity contribution is -0.134. The van der Waals surface area contributed by atoms with Crippen LogP contribution < -0.4 is 4.74 Å². The second-order valence-corrected chi connectivity index (χ2v) is 8.37. The molecule has 2 aromatic rings. The largest absolute Gasteiger partial charge is 0.494 e. The van der Waals surface area contributed by atoms with E-state index in [9.17, 15) is 9.59 Å².